The van der Waals surface area contributed by atoms with Crippen LogP contribution in [0.15, 0.2) is 12.1 Å². The standard InChI is InChI=1S/C22H38O/c1-4-7-10-12-14-19-17-18-22(23)21(15-9-6-3)20(19)16-13-11-8-5-2/h17-18,23H,4-16H2,1-3H3. The van der Waals surface area contributed by atoms with E-state index in [9.17, 15) is 5.11 Å². The molecule has 23 heavy (non-hydrogen) atoms. The summed E-state index contributed by atoms with van der Waals surface area (Å²) in [6.07, 6.45) is 16.2. The van der Waals surface area contributed by atoms with Crippen molar-refractivity contribution in [1.82, 2.24) is 0 Å². The Balaban J connectivity index is 2.82. The van der Waals surface area contributed by atoms with Crippen molar-refractivity contribution in [3.63, 3.8) is 0 Å². The van der Waals surface area contributed by atoms with E-state index in [0.29, 0.717) is 5.75 Å². The van der Waals surface area contributed by atoms with E-state index in [2.05, 4.69) is 26.8 Å². The molecule has 1 aromatic rings. The summed E-state index contributed by atoms with van der Waals surface area (Å²) < 4.78 is 0. The van der Waals surface area contributed by atoms with Crippen LogP contribution in [0.1, 0.15) is 102 Å². The van der Waals surface area contributed by atoms with Crippen LogP contribution in [0.2, 0.25) is 0 Å². The third-order valence-corrected chi connectivity index (χ3v) is 4.86. The van der Waals surface area contributed by atoms with E-state index < -0.39 is 0 Å². The maximum atomic E-state index is 10.4. The Labute approximate surface area is 144 Å². The first-order valence-electron chi connectivity index (χ1n) is 10.1. The van der Waals surface area contributed by atoms with Gasteiger partial charge in [0.05, 0.1) is 0 Å². The predicted molar refractivity (Wildman–Crippen MR) is 102 cm³/mol. The SMILES string of the molecule is CCCCCCc1ccc(O)c(CCCC)c1CCCCCC. The third kappa shape index (κ3) is 7.42. The lowest BCUT2D eigenvalue weighted by Gasteiger charge is -2.17. The van der Waals surface area contributed by atoms with Gasteiger partial charge in [0.25, 0.3) is 0 Å². The van der Waals surface area contributed by atoms with Crippen LogP contribution < -0.4 is 0 Å². The molecule has 0 aliphatic carbocycles. The first-order valence-corrected chi connectivity index (χ1v) is 10.1. The fourth-order valence-corrected chi connectivity index (χ4v) is 3.38. The van der Waals surface area contributed by atoms with Gasteiger partial charge in [0.1, 0.15) is 5.75 Å². The number of rotatable bonds is 13. The summed E-state index contributed by atoms with van der Waals surface area (Å²) in [5.41, 5.74) is 4.23. The maximum absolute atomic E-state index is 10.4. The molecule has 132 valence electrons. The van der Waals surface area contributed by atoms with Crippen LogP contribution in [0, 0.1) is 0 Å². The number of benzene rings is 1. The highest BCUT2D eigenvalue weighted by atomic mass is 16.3. The highest BCUT2D eigenvalue weighted by Crippen LogP contribution is 2.29. The molecule has 0 spiro atoms. The lowest BCUT2D eigenvalue weighted by Crippen LogP contribution is -2.02. The van der Waals surface area contributed by atoms with Crippen LogP contribution in [0.4, 0.5) is 0 Å². The zero-order valence-corrected chi connectivity index (χ0v) is 15.8. The highest BCUT2D eigenvalue weighted by molar-refractivity contribution is 5.45. The van der Waals surface area contributed by atoms with E-state index in [4.69, 9.17) is 0 Å². The first-order chi connectivity index (χ1) is 11.2. The van der Waals surface area contributed by atoms with Crippen LogP contribution in [-0.2, 0) is 19.3 Å². The minimum absolute atomic E-state index is 0.529. The van der Waals surface area contributed by atoms with Gasteiger partial charge in [0, 0.05) is 0 Å². The van der Waals surface area contributed by atoms with E-state index in [1.165, 1.54) is 87.3 Å². The van der Waals surface area contributed by atoms with Gasteiger partial charge in [0.15, 0.2) is 0 Å². The summed E-state index contributed by atoms with van der Waals surface area (Å²) in [5, 5.41) is 10.4. The van der Waals surface area contributed by atoms with Crippen molar-refractivity contribution < 1.29 is 5.11 Å². The summed E-state index contributed by atoms with van der Waals surface area (Å²) in [5.74, 6) is 0.529. The number of phenolic OH excluding ortho intramolecular Hbond substituents is 1. The predicted octanol–water partition coefficient (Wildman–Crippen LogP) is 6.98. The highest BCUT2D eigenvalue weighted by Gasteiger charge is 2.12. The smallest absolute Gasteiger partial charge is 0.119 e. The quantitative estimate of drug-likeness (QED) is 0.389. The molecule has 0 saturated heterocycles. The van der Waals surface area contributed by atoms with E-state index in [1.54, 1.807) is 0 Å². The van der Waals surface area contributed by atoms with Crippen molar-refractivity contribution in [1.29, 1.82) is 0 Å². The Morgan fingerprint density at radius 1 is 0.609 bits per heavy atom. The number of unbranched alkanes of at least 4 members (excludes halogenated alkanes) is 7. The second kappa shape index (κ2) is 12.4. The third-order valence-electron chi connectivity index (χ3n) is 4.86. The van der Waals surface area contributed by atoms with Gasteiger partial charge >= 0.3 is 0 Å². The molecule has 1 heteroatoms. The van der Waals surface area contributed by atoms with Crippen molar-refractivity contribution in [2.24, 2.45) is 0 Å². The Kier molecular flexibility index (Phi) is 10.9. The zero-order chi connectivity index (χ0) is 16.9. The lowest BCUT2D eigenvalue weighted by molar-refractivity contribution is 0.464. The molecule has 0 saturated carbocycles. The van der Waals surface area contributed by atoms with Crippen molar-refractivity contribution in [3.05, 3.63) is 28.8 Å². The molecule has 0 aliphatic rings. The van der Waals surface area contributed by atoms with Gasteiger partial charge < -0.3 is 5.11 Å². The number of aromatic hydroxyl groups is 1. The van der Waals surface area contributed by atoms with Crippen molar-refractivity contribution >= 4 is 0 Å². The molecule has 0 fully saturated rings. The minimum Gasteiger partial charge on any atom is -0.508 e. The Morgan fingerprint density at radius 3 is 1.78 bits per heavy atom. The molecule has 1 aromatic carbocycles. The van der Waals surface area contributed by atoms with Crippen LogP contribution in [0.3, 0.4) is 0 Å². The lowest BCUT2D eigenvalue weighted by atomic mass is 9.90. The van der Waals surface area contributed by atoms with Crippen LogP contribution in [0.25, 0.3) is 0 Å². The van der Waals surface area contributed by atoms with Gasteiger partial charge in [0.2, 0.25) is 0 Å². The van der Waals surface area contributed by atoms with E-state index in [0.717, 1.165) is 12.8 Å². The molecule has 0 amide bonds. The molecule has 1 nitrogen and oxygen atoms in total. The Morgan fingerprint density at radius 2 is 1.17 bits per heavy atom. The monoisotopic (exact) mass is 318 g/mol. The van der Waals surface area contributed by atoms with E-state index in [1.807, 2.05) is 6.07 Å². The van der Waals surface area contributed by atoms with Gasteiger partial charge in [-0.05, 0) is 61.3 Å². The number of aryl methyl sites for hydroxylation is 1. The van der Waals surface area contributed by atoms with Gasteiger partial charge in [-0.3, -0.25) is 0 Å². The average Bonchev–Trinajstić information content (AvgIpc) is 2.56. The second-order valence-corrected chi connectivity index (χ2v) is 6.93. The van der Waals surface area contributed by atoms with Gasteiger partial charge in [-0.25, -0.2) is 0 Å². The second-order valence-electron chi connectivity index (χ2n) is 6.93. The topological polar surface area (TPSA) is 20.2 Å². The van der Waals surface area contributed by atoms with Crippen LogP contribution in [-0.4, -0.2) is 5.11 Å². The molecule has 1 N–H and O–H groups in total. The molecule has 0 bridgehead atoms. The Hall–Kier alpha value is -0.980. The summed E-state index contributed by atoms with van der Waals surface area (Å²) >= 11 is 0. The average molecular weight is 319 g/mol. The van der Waals surface area contributed by atoms with Crippen molar-refractivity contribution in [2.75, 3.05) is 0 Å². The fraction of sp³-hybridized carbons (Fsp3) is 0.727. The van der Waals surface area contributed by atoms with Gasteiger partial charge in [-0.1, -0.05) is 71.8 Å². The summed E-state index contributed by atoms with van der Waals surface area (Å²) in [6, 6.07) is 4.13. The summed E-state index contributed by atoms with van der Waals surface area (Å²) in [7, 11) is 0. The Bertz CT molecular complexity index is 422. The normalized spacial score (nSPS) is 11.1. The van der Waals surface area contributed by atoms with E-state index in [-0.39, 0.29) is 0 Å². The van der Waals surface area contributed by atoms with E-state index >= 15 is 0 Å². The molecular formula is C22H38O. The summed E-state index contributed by atoms with van der Waals surface area (Å²) in [6.45, 7) is 6.76. The van der Waals surface area contributed by atoms with Gasteiger partial charge in [-0.15, -0.1) is 0 Å². The molecule has 0 atom stereocenters. The number of hydrogen-bond acceptors (Lipinski definition) is 1. The molecule has 0 aromatic heterocycles. The number of phenols is 1. The molecule has 0 aliphatic heterocycles. The molecule has 0 heterocycles. The van der Waals surface area contributed by atoms with Crippen molar-refractivity contribution in [2.45, 2.75) is 104 Å². The zero-order valence-electron chi connectivity index (χ0n) is 15.8. The first kappa shape index (κ1) is 20.1. The fourth-order valence-electron chi connectivity index (χ4n) is 3.38. The molecule has 0 radical (unpaired) electrons. The largest absolute Gasteiger partial charge is 0.508 e. The molecule has 0 unspecified atom stereocenters. The maximum Gasteiger partial charge on any atom is 0.119 e. The van der Waals surface area contributed by atoms with Gasteiger partial charge in [-0.2, -0.15) is 0 Å². The van der Waals surface area contributed by atoms with Crippen LogP contribution in [0.5, 0.6) is 5.75 Å². The van der Waals surface area contributed by atoms with Crippen molar-refractivity contribution in [3.8, 4) is 5.75 Å². The number of hydrogen-bond donors (Lipinski definition) is 1. The summed E-state index contributed by atoms with van der Waals surface area (Å²) in [4.78, 5) is 0. The minimum atomic E-state index is 0.529. The molecule has 1 rings (SSSR count). The van der Waals surface area contributed by atoms with Crippen LogP contribution >= 0.6 is 0 Å². The molecular weight excluding hydrogens is 280 g/mol.